The molecule has 1 aromatic carbocycles. The molecule has 1 heterocycles. The maximum Gasteiger partial charge on any atom is 0.224 e. The lowest BCUT2D eigenvalue weighted by Gasteiger charge is -2.19. The van der Waals surface area contributed by atoms with Crippen LogP contribution in [-0.2, 0) is 4.79 Å². The molecule has 116 valence electrons. The lowest BCUT2D eigenvalue weighted by molar-refractivity contribution is -0.116. The highest BCUT2D eigenvalue weighted by atomic mass is 19.1. The van der Waals surface area contributed by atoms with Crippen molar-refractivity contribution in [2.45, 2.75) is 33.1 Å². The molecule has 1 aliphatic heterocycles. The summed E-state index contributed by atoms with van der Waals surface area (Å²) in [5.74, 6) is -0.478. The van der Waals surface area contributed by atoms with Gasteiger partial charge in [0.2, 0.25) is 5.91 Å². The molecule has 1 aliphatic rings. The number of nitrogens with two attached hydrogens (primary N) is 1. The van der Waals surface area contributed by atoms with Gasteiger partial charge in [0.15, 0.2) is 0 Å². The molecular weight excluding hydrogens is 269 g/mol. The Labute approximate surface area is 125 Å². The average Bonchev–Trinajstić information content (AvgIpc) is 2.72. The topological polar surface area (TPSA) is 58.4 Å². The lowest BCUT2D eigenvalue weighted by atomic mass is 9.93. The van der Waals surface area contributed by atoms with E-state index in [4.69, 9.17) is 5.73 Å². The first-order valence-corrected chi connectivity index (χ1v) is 7.43. The van der Waals surface area contributed by atoms with E-state index in [0.29, 0.717) is 17.5 Å². The number of carbonyl (C=O) groups excluding carboxylic acids is 1. The maximum absolute atomic E-state index is 12.9. The molecule has 0 bridgehead atoms. The van der Waals surface area contributed by atoms with Gasteiger partial charge >= 0.3 is 0 Å². The van der Waals surface area contributed by atoms with E-state index in [1.54, 1.807) is 0 Å². The number of hydrogen-bond acceptors (Lipinski definition) is 3. The van der Waals surface area contributed by atoms with Crippen LogP contribution in [0.25, 0.3) is 0 Å². The highest BCUT2D eigenvalue weighted by Crippen LogP contribution is 2.28. The third kappa shape index (κ3) is 4.70. The summed E-state index contributed by atoms with van der Waals surface area (Å²) in [6, 6.07) is 3.99. The number of carbonyl (C=O) groups is 1. The van der Waals surface area contributed by atoms with Crippen molar-refractivity contribution >= 4 is 17.3 Å². The number of likely N-dealkylation sites (tertiary alicyclic amines) is 1. The second-order valence-electron chi connectivity index (χ2n) is 6.57. The van der Waals surface area contributed by atoms with Crippen molar-refractivity contribution in [2.75, 3.05) is 30.7 Å². The van der Waals surface area contributed by atoms with Crippen LogP contribution < -0.4 is 11.1 Å². The number of halogens is 1. The predicted molar refractivity (Wildman–Crippen MR) is 83.5 cm³/mol. The zero-order valence-electron chi connectivity index (χ0n) is 12.8. The van der Waals surface area contributed by atoms with Crippen LogP contribution in [0.1, 0.15) is 33.1 Å². The van der Waals surface area contributed by atoms with Crippen LogP contribution in [0.5, 0.6) is 0 Å². The van der Waals surface area contributed by atoms with E-state index in [9.17, 15) is 9.18 Å². The molecule has 0 radical (unpaired) electrons. The number of nitrogen functional groups attached to an aromatic ring is 1. The zero-order chi connectivity index (χ0) is 15.5. The third-order valence-electron chi connectivity index (χ3n) is 3.92. The number of nitrogens with one attached hydrogen (secondary N) is 1. The number of rotatable bonds is 5. The monoisotopic (exact) mass is 293 g/mol. The maximum atomic E-state index is 12.9. The Morgan fingerprint density at radius 3 is 2.86 bits per heavy atom. The summed E-state index contributed by atoms with van der Waals surface area (Å²) in [7, 11) is 0. The molecule has 1 fully saturated rings. The van der Waals surface area contributed by atoms with Gasteiger partial charge in [-0.05, 0) is 49.5 Å². The molecule has 3 N–H and O–H groups in total. The standard InChI is InChI=1S/C16H24FN3O/c1-16(2)7-9-20(11-16)8-3-4-15(21)19-14-6-5-12(17)10-13(14)18/h5-6,10H,3-4,7-9,11,18H2,1-2H3,(H,19,21). The Bertz CT molecular complexity index is 516. The summed E-state index contributed by atoms with van der Waals surface area (Å²) in [6.07, 6.45) is 2.49. The molecular formula is C16H24FN3O. The Morgan fingerprint density at radius 1 is 1.48 bits per heavy atom. The van der Waals surface area contributed by atoms with Crippen molar-refractivity contribution in [3.05, 3.63) is 24.0 Å². The van der Waals surface area contributed by atoms with Gasteiger partial charge in [0, 0.05) is 13.0 Å². The molecule has 1 amide bonds. The van der Waals surface area contributed by atoms with Crippen molar-refractivity contribution < 1.29 is 9.18 Å². The Hall–Kier alpha value is -1.62. The van der Waals surface area contributed by atoms with Gasteiger partial charge in [0.25, 0.3) is 0 Å². The fraction of sp³-hybridized carbons (Fsp3) is 0.562. The van der Waals surface area contributed by atoms with Gasteiger partial charge in [0.1, 0.15) is 5.82 Å². The lowest BCUT2D eigenvalue weighted by Crippen LogP contribution is -2.25. The van der Waals surface area contributed by atoms with Crippen LogP contribution in [0.4, 0.5) is 15.8 Å². The summed E-state index contributed by atoms with van der Waals surface area (Å²) < 4.78 is 12.9. The summed E-state index contributed by atoms with van der Waals surface area (Å²) in [6.45, 7) is 7.70. The van der Waals surface area contributed by atoms with Crippen molar-refractivity contribution in [1.29, 1.82) is 0 Å². The fourth-order valence-corrected chi connectivity index (χ4v) is 2.74. The van der Waals surface area contributed by atoms with Crippen LogP contribution in [0.2, 0.25) is 0 Å². The quantitative estimate of drug-likeness (QED) is 0.821. The van der Waals surface area contributed by atoms with Crippen LogP contribution in [-0.4, -0.2) is 30.4 Å². The molecule has 0 spiro atoms. The van der Waals surface area contributed by atoms with Gasteiger partial charge in [-0.1, -0.05) is 13.8 Å². The van der Waals surface area contributed by atoms with E-state index in [1.165, 1.54) is 24.6 Å². The van der Waals surface area contributed by atoms with Gasteiger partial charge < -0.3 is 16.0 Å². The van der Waals surface area contributed by atoms with Gasteiger partial charge in [-0.2, -0.15) is 0 Å². The van der Waals surface area contributed by atoms with Crippen molar-refractivity contribution in [2.24, 2.45) is 5.41 Å². The Kier molecular flexibility index (Phi) is 4.83. The third-order valence-corrected chi connectivity index (χ3v) is 3.92. The van der Waals surface area contributed by atoms with E-state index in [2.05, 4.69) is 24.1 Å². The van der Waals surface area contributed by atoms with Crippen molar-refractivity contribution in [3.8, 4) is 0 Å². The normalized spacial score (nSPS) is 17.9. The van der Waals surface area contributed by atoms with Gasteiger partial charge in [-0.3, -0.25) is 4.79 Å². The van der Waals surface area contributed by atoms with Crippen LogP contribution in [0.15, 0.2) is 18.2 Å². The molecule has 4 nitrogen and oxygen atoms in total. The number of anilines is 2. The minimum Gasteiger partial charge on any atom is -0.397 e. The van der Waals surface area contributed by atoms with E-state index in [0.717, 1.165) is 26.1 Å². The number of benzene rings is 1. The largest absolute Gasteiger partial charge is 0.397 e. The predicted octanol–water partition coefficient (Wildman–Crippen LogP) is 2.86. The molecule has 0 aliphatic carbocycles. The molecule has 0 atom stereocenters. The summed E-state index contributed by atoms with van der Waals surface area (Å²) in [4.78, 5) is 14.3. The van der Waals surface area contributed by atoms with Gasteiger partial charge in [0.05, 0.1) is 11.4 Å². The number of nitrogens with zero attached hydrogens (tertiary/aromatic N) is 1. The van der Waals surface area contributed by atoms with Gasteiger partial charge in [-0.15, -0.1) is 0 Å². The fourth-order valence-electron chi connectivity index (χ4n) is 2.74. The zero-order valence-corrected chi connectivity index (χ0v) is 12.8. The Balaban J connectivity index is 1.73. The van der Waals surface area contributed by atoms with Crippen molar-refractivity contribution in [1.82, 2.24) is 4.90 Å². The molecule has 1 saturated heterocycles. The minimum atomic E-state index is -0.401. The molecule has 1 aromatic rings. The number of amides is 1. The first-order chi connectivity index (χ1) is 9.85. The Morgan fingerprint density at radius 2 is 2.24 bits per heavy atom. The van der Waals surface area contributed by atoms with Crippen LogP contribution in [0.3, 0.4) is 0 Å². The highest BCUT2D eigenvalue weighted by molar-refractivity contribution is 5.93. The van der Waals surface area contributed by atoms with E-state index >= 15 is 0 Å². The van der Waals surface area contributed by atoms with E-state index < -0.39 is 5.82 Å². The molecule has 0 unspecified atom stereocenters. The van der Waals surface area contributed by atoms with E-state index in [-0.39, 0.29) is 11.6 Å². The van der Waals surface area contributed by atoms with Crippen LogP contribution >= 0.6 is 0 Å². The van der Waals surface area contributed by atoms with Gasteiger partial charge in [-0.25, -0.2) is 4.39 Å². The summed E-state index contributed by atoms with van der Waals surface area (Å²) in [5.41, 5.74) is 6.79. The first kappa shape index (κ1) is 15.8. The van der Waals surface area contributed by atoms with Crippen LogP contribution in [0, 0.1) is 11.2 Å². The average molecular weight is 293 g/mol. The first-order valence-electron chi connectivity index (χ1n) is 7.43. The second kappa shape index (κ2) is 6.43. The summed E-state index contributed by atoms with van der Waals surface area (Å²) >= 11 is 0. The minimum absolute atomic E-state index is 0.0771. The molecule has 5 heteroatoms. The van der Waals surface area contributed by atoms with E-state index in [1.807, 2.05) is 0 Å². The molecule has 0 aromatic heterocycles. The molecule has 2 rings (SSSR count). The molecule has 21 heavy (non-hydrogen) atoms. The number of hydrogen-bond donors (Lipinski definition) is 2. The smallest absolute Gasteiger partial charge is 0.224 e. The summed E-state index contributed by atoms with van der Waals surface area (Å²) in [5, 5.41) is 2.73. The SMILES string of the molecule is CC1(C)CCN(CCCC(=O)Nc2ccc(F)cc2N)C1. The van der Waals surface area contributed by atoms with Crippen molar-refractivity contribution in [3.63, 3.8) is 0 Å². The molecule has 0 saturated carbocycles. The highest BCUT2D eigenvalue weighted by Gasteiger charge is 2.28. The second-order valence-corrected chi connectivity index (χ2v) is 6.57.